The van der Waals surface area contributed by atoms with Gasteiger partial charge in [-0.3, -0.25) is 0 Å². The number of hydrogen-bond acceptors (Lipinski definition) is 4. The minimum atomic E-state index is 0.590. The predicted octanol–water partition coefficient (Wildman–Crippen LogP) is 1.94. The number of ether oxygens (including phenoxy) is 1. The summed E-state index contributed by atoms with van der Waals surface area (Å²) >= 11 is 0. The second-order valence-electron chi connectivity index (χ2n) is 3.53. The van der Waals surface area contributed by atoms with Gasteiger partial charge in [0.1, 0.15) is 0 Å². The van der Waals surface area contributed by atoms with Crippen molar-refractivity contribution in [3.05, 3.63) is 12.3 Å². The summed E-state index contributed by atoms with van der Waals surface area (Å²) in [6.07, 6.45) is 2.80. The smallest absolute Gasteiger partial charge is 0.225 e. The van der Waals surface area contributed by atoms with Crippen LogP contribution < -0.4 is 10.1 Å². The van der Waals surface area contributed by atoms with E-state index in [-0.39, 0.29) is 0 Å². The Morgan fingerprint density at radius 3 is 2.93 bits per heavy atom. The number of methoxy groups -OCH3 is 1. The number of rotatable bonds is 5. The van der Waals surface area contributed by atoms with E-state index in [2.05, 4.69) is 29.1 Å². The second kappa shape index (κ2) is 5.42. The van der Waals surface area contributed by atoms with Crippen LogP contribution in [0, 0.1) is 5.92 Å². The highest BCUT2D eigenvalue weighted by Crippen LogP contribution is 2.07. The molecular weight excluding hydrogens is 178 g/mol. The van der Waals surface area contributed by atoms with Gasteiger partial charge >= 0.3 is 0 Å². The van der Waals surface area contributed by atoms with Crippen LogP contribution in [0.25, 0.3) is 0 Å². The molecule has 1 aromatic rings. The summed E-state index contributed by atoms with van der Waals surface area (Å²) in [5.41, 5.74) is 0. The minimum Gasteiger partial charge on any atom is -0.481 e. The molecular formula is C10H17N3O. The standard InChI is InChI=1S/C10H17N3O/c1-8(2)4-6-11-10-12-7-5-9(13-10)14-3/h5,7-8H,4,6H2,1-3H3,(H,11,12,13). The average molecular weight is 195 g/mol. The van der Waals surface area contributed by atoms with Crippen molar-refractivity contribution in [2.24, 2.45) is 5.92 Å². The van der Waals surface area contributed by atoms with E-state index >= 15 is 0 Å². The molecule has 0 saturated heterocycles. The van der Waals surface area contributed by atoms with Crippen LogP contribution >= 0.6 is 0 Å². The highest BCUT2D eigenvalue weighted by molar-refractivity contribution is 5.26. The van der Waals surface area contributed by atoms with Gasteiger partial charge < -0.3 is 10.1 Å². The van der Waals surface area contributed by atoms with E-state index < -0.39 is 0 Å². The zero-order valence-corrected chi connectivity index (χ0v) is 8.95. The number of hydrogen-bond donors (Lipinski definition) is 1. The van der Waals surface area contributed by atoms with Gasteiger partial charge in [-0.05, 0) is 12.3 Å². The fourth-order valence-corrected chi connectivity index (χ4v) is 1.01. The minimum absolute atomic E-state index is 0.590. The second-order valence-corrected chi connectivity index (χ2v) is 3.53. The third kappa shape index (κ3) is 3.60. The molecule has 14 heavy (non-hydrogen) atoms. The number of nitrogens with one attached hydrogen (secondary N) is 1. The maximum Gasteiger partial charge on any atom is 0.225 e. The van der Waals surface area contributed by atoms with Crippen LogP contribution in [-0.4, -0.2) is 23.6 Å². The molecule has 0 aliphatic carbocycles. The zero-order valence-electron chi connectivity index (χ0n) is 8.95. The fraction of sp³-hybridized carbons (Fsp3) is 0.600. The van der Waals surface area contributed by atoms with Crippen LogP contribution in [0.1, 0.15) is 20.3 Å². The van der Waals surface area contributed by atoms with Crippen molar-refractivity contribution in [3.8, 4) is 5.88 Å². The largest absolute Gasteiger partial charge is 0.481 e. The van der Waals surface area contributed by atoms with Crippen LogP contribution in [0.15, 0.2) is 12.3 Å². The van der Waals surface area contributed by atoms with Gasteiger partial charge in [0.2, 0.25) is 11.8 Å². The van der Waals surface area contributed by atoms with Gasteiger partial charge in [0.15, 0.2) is 0 Å². The van der Waals surface area contributed by atoms with Gasteiger partial charge in [0, 0.05) is 18.8 Å². The lowest BCUT2D eigenvalue weighted by Crippen LogP contribution is -2.07. The molecule has 1 aromatic heterocycles. The summed E-state index contributed by atoms with van der Waals surface area (Å²) in [6.45, 7) is 5.27. The van der Waals surface area contributed by atoms with Crippen LogP contribution in [0.2, 0.25) is 0 Å². The molecule has 0 aliphatic rings. The van der Waals surface area contributed by atoms with E-state index in [0.717, 1.165) is 13.0 Å². The third-order valence-corrected chi connectivity index (χ3v) is 1.84. The predicted molar refractivity (Wildman–Crippen MR) is 56.5 cm³/mol. The first kappa shape index (κ1) is 10.8. The van der Waals surface area contributed by atoms with Crippen molar-refractivity contribution in [1.29, 1.82) is 0 Å². The maximum absolute atomic E-state index is 4.99. The first-order valence-corrected chi connectivity index (χ1v) is 4.83. The van der Waals surface area contributed by atoms with Crippen LogP contribution in [0.5, 0.6) is 5.88 Å². The Bertz CT molecular complexity index is 276. The Labute approximate surface area is 84.7 Å². The lowest BCUT2D eigenvalue weighted by molar-refractivity contribution is 0.397. The SMILES string of the molecule is COc1ccnc(NCCC(C)C)n1. The molecule has 78 valence electrons. The third-order valence-electron chi connectivity index (χ3n) is 1.84. The van der Waals surface area contributed by atoms with E-state index in [1.807, 2.05) is 0 Å². The van der Waals surface area contributed by atoms with Crippen LogP contribution in [0.4, 0.5) is 5.95 Å². The Hall–Kier alpha value is -1.32. The number of nitrogens with zero attached hydrogens (tertiary/aromatic N) is 2. The van der Waals surface area contributed by atoms with Crippen molar-refractivity contribution in [2.45, 2.75) is 20.3 Å². The van der Waals surface area contributed by atoms with Crippen LogP contribution in [-0.2, 0) is 0 Å². The molecule has 1 N–H and O–H groups in total. The summed E-state index contributed by atoms with van der Waals surface area (Å²) in [5.74, 6) is 1.91. The highest BCUT2D eigenvalue weighted by Gasteiger charge is 1.98. The Kier molecular flexibility index (Phi) is 4.16. The Morgan fingerprint density at radius 1 is 1.50 bits per heavy atom. The van der Waals surface area contributed by atoms with Gasteiger partial charge in [-0.25, -0.2) is 4.98 Å². The molecule has 0 aromatic carbocycles. The molecule has 0 bridgehead atoms. The summed E-state index contributed by atoms with van der Waals surface area (Å²) < 4.78 is 4.99. The van der Waals surface area contributed by atoms with Crippen molar-refractivity contribution in [3.63, 3.8) is 0 Å². The van der Waals surface area contributed by atoms with Crippen molar-refractivity contribution < 1.29 is 4.74 Å². The van der Waals surface area contributed by atoms with E-state index in [0.29, 0.717) is 17.7 Å². The molecule has 4 heteroatoms. The molecule has 0 unspecified atom stereocenters. The molecule has 1 rings (SSSR count). The van der Waals surface area contributed by atoms with Gasteiger partial charge in [-0.1, -0.05) is 13.8 Å². The van der Waals surface area contributed by atoms with Crippen molar-refractivity contribution >= 4 is 5.95 Å². The van der Waals surface area contributed by atoms with Crippen LogP contribution in [0.3, 0.4) is 0 Å². The van der Waals surface area contributed by atoms with Gasteiger partial charge in [-0.2, -0.15) is 4.98 Å². The van der Waals surface area contributed by atoms with Gasteiger partial charge in [0.05, 0.1) is 7.11 Å². The summed E-state index contributed by atoms with van der Waals surface area (Å²) in [7, 11) is 1.60. The monoisotopic (exact) mass is 195 g/mol. The first-order valence-electron chi connectivity index (χ1n) is 4.83. The molecule has 0 atom stereocenters. The van der Waals surface area contributed by atoms with E-state index in [1.165, 1.54) is 0 Å². The summed E-state index contributed by atoms with van der Waals surface area (Å²) in [6, 6.07) is 1.73. The van der Waals surface area contributed by atoms with E-state index in [4.69, 9.17) is 4.74 Å². The molecule has 0 aliphatic heterocycles. The quantitative estimate of drug-likeness (QED) is 0.780. The number of anilines is 1. The van der Waals surface area contributed by atoms with E-state index in [9.17, 15) is 0 Å². The molecule has 0 spiro atoms. The normalized spacial score (nSPS) is 10.3. The zero-order chi connectivity index (χ0) is 10.4. The molecule has 1 heterocycles. The van der Waals surface area contributed by atoms with Crippen molar-refractivity contribution in [1.82, 2.24) is 9.97 Å². The molecule has 0 amide bonds. The molecule has 0 fully saturated rings. The molecule has 4 nitrogen and oxygen atoms in total. The Morgan fingerprint density at radius 2 is 2.29 bits per heavy atom. The molecule has 0 radical (unpaired) electrons. The van der Waals surface area contributed by atoms with Crippen molar-refractivity contribution in [2.75, 3.05) is 19.0 Å². The highest BCUT2D eigenvalue weighted by atomic mass is 16.5. The summed E-state index contributed by atoms with van der Waals surface area (Å²) in [4.78, 5) is 8.23. The topological polar surface area (TPSA) is 47.0 Å². The average Bonchev–Trinajstić information content (AvgIpc) is 2.18. The maximum atomic E-state index is 4.99. The summed E-state index contributed by atoms with van der Waals surface area (Å²) in [5, 5.41) is 3.15. The Balaban J connectivity index is 2.42. The lowest BCUT2D eigenvalue weighted by Gasteiger charge is -2.07. The van der Waals surface area contributed by atoms with Gasteiger partial charge in [0.25, 0.3) is 0 Å². The first-order chi connectivity index (χ1) is 6.72. The molecule has 0 saturated carbocycles. The number of aromatic nitrogens is 2. The van der Waals surface area contributed by atoms with E-state index in [1.54, 1.807) is 19.4 Å². The van der Waals surface area contributed by atoms with Gasteiger partial charge in [-0.15, -0.1) is 0 Å². The fourth-order valence-electron chi connectivity index (χ4n) is 1.01. The lowest BCUT2D eigenvalue weighted by atomic mass is 10.1.